The second-order valence-corrected chi connectivity index (χ2v) is 4.00. The fourth-order valence-electron chi connectivity index (χ4n) is 2.26. The van der Waals surface area contributed by atoms with Gasteiger partial charge in [-0.15, -0.1) is 24.0 Å². The molecule has 0 fully saturated rings. The monoisotopic (exact) mass is 315 g/mol. The summed E-state index contributed by atoms with van der Waals surface area (Å²) >= 11 is 0. The van der Waals surface area contributed by atoms with Gasteiger partial charge >= 0.3 is 0 Å². The van der Waals surface area contributed by atoms with Crippen LogP contribution in [0.4, 0.5) is 0 Å². The van der Waals surface area contributed by atoms with Crippen LogP contribution in [-0.2, 0) is 12.8 Å². The Bertz CT molecular complexity index is 477. The van der Waals surface area contributed by atoms with Gasteiger partial charge in [-0.3, -0.25) is 0 Å². The maximum Gasteiger partial charge on any atom is 0.134 e. The van der Waals surface area contributed by atoms with Crippen molar-refractivity contribution in [2.24, 2.45) is 5.73 Å². The van der Waals surface area contributed by atoms with E-state index in [0.29, 0.717) is 6.04 Å². The van der Waals surface area contributed by atoms with Crippen LogP contribution in [0.2, 0.25) is 0 Å². The van der Waals surface area contributed by atoms with E-state index in [1.807, 2.05) is 12.1 Å². The van der Waals surface area contributed by atoms with Gasteiger partial charge < -0.3 is 10.2 Å². The highest BCUT2D eigenvalue weighted by Crippen LogP contribution is 2.31. The van der Waals surface area contributed by atoms with Gasteiger partial charge in [-0.1, -0.05) is 18.2 Å². The standard InChI is InChI=1S/C12H13NO.HI/c13-8-5-6-12-10(7-8)9-3-1-2-4-11(9)14-12;/h1-4,8H,5-7,13H2;1H. The van der Waals surface area contributed by atoms with E-state index in [4.69, 9.17) is 10.2 Å². The van der Waals surface area contributed by atoms with Crippen molar-refractivity contribution in [1.82, 2.24) is 0 Å². The molecule has 1 atom stereocenters. The predicted molar refractivity (Wildman–Crippen MR) is 71.6 cm³/mol. The summed E-state index contributed by atoms with van der Waals surface area (Å²) < 4.78 is 5.78. The topological polar surface area (TPSA) is 39.2 Å². The molecular weight excluding hydrogens is 301 g/mol. The molecule has 0 saturated carbocycles. The van der Waals surface area contributed by atoms with E-state index in [1.54, 1.807) is 0 Å². The summed E-state index contributed by atoms with van der Waals surface area (Å²) in [7, 11) is 0. The summed E-state index contributed by atoms with van der Waals surface area (Å²) in [6.07, 6.45) is 3.00. The van der Waals surface area contributed by atoms with Crippen LogP contribution in [0.5, 0.6) is 0 Å². The zero-order valence-corrected chi connectivity index (χ0v) is 10.7. The third-order valence-electron chi connectivity index (χ3n) is 2.99. The zero-order valence-electron chi connectivity index (χ0n) is 8.40. The Hall–Kier alpha value is -0.550. The van der Waals surface area contributed by atoms with Crippen LogP contribution >= 0.6 is 24.0 Å². The normalized spacial score (nSPS) is 19.7. The van der Waals surface area contributed by atoms with Gasteiger partial charge in [0.2, 0.25) is 0 Å². The van der Waals surface area contributed by atoms with Gasteiger partial charge in [0, 0.05) is 23.4 Å². The minimum Gasteiger partial charge on any atom is -0.461 e. The molecule has 2 nitrogen and oxygen atoms in total. The number of nitrogens with two attached hydrogens (primary N) is 1. The van der Waals surface area contributed by atoms with Gasteiger partial charge in [0.05, 0.1) is 0 Å². The fraction of sp³-hybridized carbons (Fsp3) is 0.333. The largest absolute Gasteiger partial charge is 0.461 e. The quantitative estimate of drug-likeness (QED) is 0.759. The Morgan fingerprint density at radius 3 is 2.93 bits per heavy atom. The van der Waals surface area contributed by atoms with Crippen LogP contribution in [0, 0.1) is 0 Å². The first-order valence-electron chi connectivity index (χ1n) is 5.09. The number of furan rings is 1. The summed E-state index contributed by atoms with van der Waals surface area (Å²) in [4.78, 5) is 0. The highest BCUT2D eigenvalue weighted by molar-refractivity contribution is 14.0. The van der Waals surface area contributed by atoms with Gasteiger partial charge in [-0.25, -0.2) is 0 Å². The molecule has 0 saturated heterocycles. The molecule has 0 aliphatic heterocycles. The molecule has 1 aromatic carbocycles. The molecule has 0 spiro atoms. The van der Waals surface area contributed by atoms with E-state index < -0.39 is 0 Å². The number of aryl methyl sites for hydroxylation is 1. The molecule has 3 rings (SSSR count). The maximum absolute atomic E-state index is 5.96. The van der Waals surface area contributed by atoms with Crippen molar-refractivity contribution in [3.63, 3.8) is 0 Å². The van der Waals surface area contributed by atoms with Crippen LogP contribution in [0.15, 0.2) is 28.7 Å². The zero-order chi connectivity index (χ0) is 9.54. The predicted octanol–water partition coefficient (Wildman–Crippen LogP) is 2.87. The van der Waals surface area contributed by atoms with Crippen LogP contribution in [0.3, 0.4) is 0 Å². The van der Waals surface area contributed by atoms with E-state index in [-0.39, 0.29) is 24.0 Å². The van der Waals surface area contributed by atoms with Gasteiger partial charge in [0.1, 0.15) is 11.3 Å². The SMILES string of the molecule is I.NC1CCc2oc3ccccc3c2C1. The lowest BCUT2D eigenvalue weighted by molar-refractivity contribution is 0.476. The van der Waals surface area contributed by atoms with Gasteiger partial charge in [0.25, 0.3) is 0 Å². The van der Waals surface area contributed by atoms with Crippen LogP contribution in [0.1, 0.15) is 17.7 Å². The second-order valence-electron chi connectivity index (χ2n) is 4.00. The molecule has 3 heteroatoms. The molecule has 2 N–H and O–H groups in total. The van der Waals surface area contributed by atoms with Gasteiger partial charge in [-0.05, 0) is 18.9 Å². The van der Waals surface area contributed by atoms with Crippen molar-refractivity contribution in [1.29, 1.82) is 0 Å². The van der Waals surface area contributed by atoms with Crippen molar-refractivity contribution in [2.75, 3.05) is 0 Å². The number of fused-ring (bicyclic) bond motifs is 3. The Balaban J connectivity index is 0.000000853. The summed E-state index contributed by atoms with van der Waals surface area (Å²) in [5.74, 6) is 1.15. The van der Waals surface area contributed by atoms with Gasteiger partial charge in [0.15, 0.2) is 0 Å². The Morgan fingerprint density at radius 2 is 2.07 bits per heavy atom. The average Bonchev–Trinajstić information content (AvgIpc) is 2.56. The molecule has 1 aliphatic rings. The van der Waals surface area contributed by atoms with E-state index in [1.165, 1.54) is 10.9 Å². The minimum absolute atomic E-state index is 0. The van der Waals surface area contributed by atoms with Gasteiger partial charge in [-0.2, -0.15) is 0 Å². The van der Waals surface area contributed by atoms with E-state index in [9.17, 15) is 0 Å². The van der Waals surface area contributed by atoms with Crippen molar-refractivity contribution in [2.45, 2.75) is 25.3 Å². The number of hydrogen-bond donors (Lipinski definition) is 1. The van der Waals surface area contributed by atoms with Crippen molar-refractivity contribution in [3.05, 3.63) is 35.6 Å². The van der Waals surface area contributed by atoms with Crippen LogP contribution in [-0.4, -0.2) is 6.04 Å². The van der Waals surface area contributed by atoms with Crippen molar-refractivity contribution in [3.8, 4) is 0 Å². The lowest BCUT2D eigenvalue weighted by Crippen LogP contribution is -2.27. The lowest BCUT2D eigenvalue weighted by Gasteiger charge is -2.16. The molecule has 0 bridgehead atoms. The first-order chi connectivity index (χ1) is 6.84. The fourth-order valence-corrected chi connectivity index (χ4v) is 2.26. The molecule has 1 heterocycles. The summed E-state index contributed by atoms with van der Waals surface area (Å²) in [5, 5.41) is 1.25. The van der Waals surface area contributed by atoms with Crippen LogP contribution in [0.25, 0.3) is 11.0 Å². The van der Waals surface area contributed by atoms with E-state index in [0.717, 1.165) is 30.6 Å². The molecule has 2 aromatic rings. The highest BCUT2D eigenvalue weighted by Gasteiger charge is 2.21. The molecule has 15 heavy (non-hydrogen) atoms. The Morgan fingerprint density at radius 1 is 1.27 bits per heavy atom. The molecule has 1 aliphatic carbocycles. The van der Waals surface area contributed by atoms with E-state index >= 15 is 0 Å². The molecule has 0 radical (unpaired) electrons. The summed E-state index contributed by atoms with van der Waals surface area (Å²) in [5.41, 5.74) is 8.30. The third-order valence-corrected chi connectivity index (χ3v) is 2.99. The molecule has 0 amide bonds. The van der Waals surface area contributed by atoms with Crippen molar-refractivity contribution >= 4 is 34.9 Å². The Kier molecular flexibility index (Phi) is 3.02. The number of halogens is 1. The molecule has 80 valence electrons. The smallest absolute Gasteiger partial charge is 0.134 e. The summed E-state index contributed by atoms with van der Waals surface area (Å²) in [6.45, 7) is 0. The number of benzene rings is 1. The molecular formula is C12H14INO. The summed E-state index contributed by atoms with van der Waals surface area (Å²) in [6, 6.07) is 8.52. The van der Waals surface area contributed by atoms with E-state index in [2.05, 4.69) is 12.1 Å². The van der Waals surface area contributed by atoms with Crippen molar-refractivity contribution < 1.29 is 4.42 Å². The molecule has 1 unspecified atom stereocenters. The first kappa shape index (κ1) is 11.0. The first-order valence-corrected chi connectivity index (χ1v) is 5.09. The second kappa shape index (κ2) is 4.14. The lowest BCUT2D eigenvalue weighted by atomic mass is 9.92. The number of hydrogen-bond acceptors (Lipinski definition) is 2. The highest BCUT2D eigenvalue weighted by atomic mass is 127. The minimum atomic E-state index is 0. The van der Waals surface area contributed by atoms with Crippen LogP contribution < -0.4 is 5.73 Å². The number of rotatable bonds is 0. The number of para-hydroxylation sites is 1. The molecule has 1 aromatic heterocycles. The average molecular weight is 315 g/mol. The third kappa shape index (κ3) is 1.78. The maximum atomic E-state index is 5.96. The Labute approximate surface area is 106 Å².